The Morgan fingerprint density at radius 2 is 2.27 bits per heavy atom. The molecule has 0 saturated carbocycles. The zero-order valence-corrected chi connectivity index (χ0v) is 8.51. The van der Waals surface area contributed by atoms with Gasteiger partial charge in [-0.05, 0) is 6.07 Å². The molecule has 0 aliphatic heterocycles. The van der Waals surface area contributed by atoms with Crippen molar-refractivity contribution in [3.8, 4) is 0 Å². The number of nitrogens with zero attached hydrogens (tertiary/aromatic N) is 3. The molecule has 0 aliphatic carbocycles. The summed E-state index contributed by atoms with van der Waals surface area (Å²) in [6.45, 7) is 0.639. The van der Waals surface area contributed by atoms with Crippen LogP contribution in [-0.2, 0) is 13.6 Å². The second kappa shape index (κ2) is 4.00. The number of hydrogen-bond acceptors (Lipinski definition) is 4. The molecule has 3 N–H and O–H groups in total. The Morgan fingerprint density at radius 3 is 2.93 bits per heavy atom. The largest absolute Gasteiger partial charge is 0.399 e. The number of nitrogens with two attached hydrogens (primary N) is 1. The second-order valence-electron chi connectivity index (χ2n) is 3.28. The summed E-state index contributed by atoms with van der Waals surface area (Å²) in [4.78, 5) is 8.34. The van der Waals surface area contributed by atoms with Gasteiger partial charge >= 0.3 is 0 Å². The van der Waals surface area contributed by atoms with Gasteiger partial charge in [-0.25, -0.2) is 9.97 Å². The van der Waals surface area contributed by atoms with Crippen LogP contribution in [0.4, 0.5) is 11.5 Å². The van der Waals surface area contributed by atoms with Gasteiger partial charge in [-0.1, -0.05) is 0 Å². The molecule has 0 bridgehead atoms. The summed E-state index contributed by atoms with van der Waals surface area (Å²) in [6, 6.07) is 3.55. The van der Waals surface area contributed by atoms with Crippen molar-refractivity contribution in [1.29, 1.82) is 0 Å². The van der Waals surface area contributed by atoms with Crippen LogP contribution >= 0.6 is 0 Å². The molecule has 78 valence electrons. The summed E-state index contributed by atoms with van der Waals surface area (Å²) < 4.78 is 1.96. The number of rotatable bonds is 3. The number of nitrogen functional groups attached to an aromatic ring is 1. The lowest BCUT2D eigenvalue weighted by Gasteiger charge is -2.05. The van der Waals surface area contributed by atoms with Gasteiger partial charge in [-0.15, -0.1) is 0 Å². The minimum absolute atomic E-state index is 0.639. The monoisotopic (exact) mass is 203 g/mol. The quantitative estimate of drug-likeness (QED) is 0.781. The zero-order chi connectivity index (χ0) is 10.7. The number of anilines is 2. The van der Waals surface area contributed by atoms with E-state index in [2.05, 4.69) is 15.3 Å². The number of pyridine rings is 1. The summed E-state index contributed by atoms with van der Waals surface area (Å²) in [5.41, 5.74) is 6.34. The first-order valence-electron chi connectivity index (χ1n) is 4.67. The van der Waals surface area contributed by atoms with Crippen LogP contribution in [0.15, 0.2) is 30.7 Å². The summed E-state index contributed by atoms with van der Waals surface area (Å²) >= 11 is 0. The number of nitrogens with one attached hydrogen (secondary N) is 1. The van der Waals surface area contributed by atoms with Gasteiger partial charge in [0.05, 0.1) is 6.54 Å². The van der Waals surface area contributed by atoms with Gasteiger partial charge in [0.1, 0.15) is 11.6 Å². The van der Waals surface area contributed by atoms with Crippen LogP contribution in [0.1, 0.15) is 5.82 Å². The first-order chi connectivity index (χ1) is 7.25. The van der Waals surface area contributed by atoms with Crippen LogP contribution in [0.5, 0.6) is 0 Å². The highest BCUT2D eigenvalue weighted by molar-refractivity contribution is 5.48. The third-order valence-electron chi connectivity index (χ3n) is 2.13. The normalized spacial score (nSPS) is 10.2. The molecule has 15 heavy (non-hydrogen) atoms. The molecular formula is C10H13N5. The third-order valence-corrected chi connectivity index (χ3v) is 2.13. The van der Waals surface area contributed by atoms with Crippen molar-refractivity contribution in [3.05, 3.63) is 36.5 Å². The van der Waals surface area contributed by atoms with Gasteiger partial charge < -0.3 is 15.6 Å². The first kappa shape index (κ1) is 9.51. The summed E-state index contributed by atoms with van der Waals surface area (Å²) in [5.74, 6) is 1.72. The Morgan fingerprint density at radius 1 is 1.40 bits per heavy atom. The second-order valence-corrected chi connectivity index (χ2v) is 3.28. The topological polar surface area (TPSA) is 68.8 Å². The van der Waals surface area contributed by atoms with Crippen molar-refractivity contribution in [3.63, 3.8) is 0 Å². The van der Waals surface area contributed by atoms with E-state index in [9.17, 15) is 0 Å². The molecule has 2 heterocycles. The van der Waals surface area contributed by atoms with E-state index in [-0.39, 0.29) is 0 Å². The molecule has 2 rings (SSSR count). The molecule has 0 atom stereocenters. The van der Waals surface area contributed by atoms with Gasteiger partial charge in [0.15, 0.2) is 0 Å². The summed E-state index contributed by atoms with van der Waals surface area (Å²) in [7, 11) is 1.96. The minimum Gasteiger partial charge on any atom is -0.399 e. The van der Waals surface area contributed by atoms with Crippen LogP contribution in [0.25, 0.3) is 0 Å². The molecule has 2 aromatic heterocycles. The van der Waals surface area contributed by atoms with Gasteiger partial charge in [-0.2, -0.15) is 0 Å². The number of aryl methyl sites for hydroxylation is 1. The van der Waals surface area contributed by atoms with E-state index in [1.807, 2.05) is 17.8 Å². The van der Waals surface area contributed by atoms with E-state index in [1.54, 1.807) is 24.5 Å². The molecule has 2 aromatic rings. The number of imidazole rings is 1. The Bertz CT molecular complexity index is 449. The Hall–Kier alpha value is -2.04. The fourth-order valence-electron chi connectivity index (χ4n) is 1.28. The highest BCUT2D eigenvalue weighted by atomic mass is 15.1. The lowest BCUT2D eigenvalue weighted by Crippen LogP contribution is -2.06. The highest BCUT2D eigenvalue weighted by Crippen LogP contribution is 2.08. The maximum absolute atomic E-state index is 5.64. The van der Waals surface area contributed by atoms with Crippen LogP contribution < -0.4 is 11.1 Å². The van der Waals surface area contributed by atoms with Gasteiger partial charge in [0.2, 0.25) is 0 Å². The van der Waals surface area contributed by atoms with Crippen LogP contribution in [0.2, 0.25) is 0 Å². The van der Waals surface area contributed by atoms with Crippen molar-refractivity contribution >= 4 is 11.5 Å². The molecule has 0 fully saturated rings. The Labute approximate surface area is 88.0 Å². The molecule has 0 aliphatic rings. The molecule has 0 saturated heterocycles. The number of hydrogen-bond donors (Lipinski definition) is 2. The van der Waals surface area contributed by atoms with Crippen molar-refractivity contribution in [2.45, 2.75) is 6.54 Å². The smallest absolute Gasteiger partial charge is 0.128 e. The van der Waals surface area contributed by atoms with Crippen molar-refractivity contribution in [1.82, 2.24) is 14.5 Å². The predicted octanol–water partition coefficient (Wildman–Crippen LogP) is 1.01. The van der Waals surface area contributed by atoms with E-state index in [1.165, 1.54) is 0 Å². The lowest BCUT2D eigenvalue weighted by molar-refractivity contribution is 0.811. The average Bonchev–Trinajstić information content (AvgIpc) is 2.61. The summed E-state index contributed by atoms with van der Waals surface area (Å²) in [5, 5.41) is 3.15. The maximum Gasteiger partial charge on any atom is 0.128 e. The first-order valence-corrected chi connectivity index (χ1v) is 4.67. The molecule has 5 heteroatoms. The van der Waals surface area contributed by atoms with Gasteiger partial charge in [0, 0.05) is 37.4 Å². The van der Waals surface area contributed by atoms with Crippen LogP contribution in [-0.4, -0.2) is 14.5 Å². The predicted molar refractivity (Wildman–Crippen MR) is 59.2 cm³/mol. The van der Waals surface area contributed by atoms with Crippen molar-refractivity contribution < 1.29 is 0 Å². The molecule has 0 unspecified atom stereocenters. The van der Waals surface area contributed by atoms with Gasteiger partial charge in [-0.3, -0.25) is 0 Å². The third kappa shape index (κ3) is 2.25. The molecule has 0 aromatic carbocycles. The molecule has 0 amide bonds. The molecule has 0 radical (unpaired) electrons. The van der Waals surface area contributed by atoms with Gasteiger partial charge in [0.25, 0.3) is 0 Å². The molecular weight excluding hydrogens is 190 g/mol. The fraction of sp³-hybridized carbons (Fsp3) is 0.200. The SMILES string of the molecule is Cn1ccnc1CNc1cc(N)ccn1. The van der Waals surface area contributed by atoms with Crippen molar-refractivity contribution in [2.24, 2.45) is 7.05 Å². The standard InChI is InChI=1S/C10H13N5/c1-15-5-4-13-10(15)7-14-9-6-8(11)2-3-12-9/h2-6H,7H2,1H3,(H3,11,12,14). The number of aromatic nitrogens is 3. The maximum atomic E-state index is 5.64. The average molecular weight is 203 g/mol. The Kier molecular flexibility index (Phi) is 2.53. The highest BCUT2D eigenvalue weighted by Gasteiger charge is 1.99. The van der Waals surface area contributed by atoms with E-state index >= 15 is 0 Å². The van der Waals surface area contributed by atoms with E-state index in [0.29, 0.717) is 12.2 Å². The van der Waals surface area contributed by atoms with Crippen LogP contribution in [0.3, 0.4) is 0 Å². The van der Waals surface area contributed by atoms with E-state index < -0.39 is 0 Å². The van der Waals surface area contributed by atoms with Crippen LogP contribution in [0, 0.1) is 0 Å². The zero-order valence-electron chi connectivity index (χ0n) is 8.51. The van der Waals surface area contributed by atoms with Crippen molar-refractivity contribution in [2.75, 3.05) is 11.1 Å². The summed E-state index contributed by atoms with van der Waals surface area (Å²) in [6.07, 6.45) is 5.35. The van der Waals surface area contributed by atoms with E-state index in [0.717, 1.165) is 11.6 Å². The molecule has 0 spiro atoms. The lowest BCUT2D eigenvalue weighted by atomic mass is 10.4. The van der Waals surface area contributed by atoms with E-state index in [4.69, 9.17) is 5.73 Å². The Balaban J connectivity index is 2.02. The fourth-order valence-corrected chi connectivity index (χ4v) is 1.28. The molecule has 5 nitrogen and oxygen atoms in total. The minimum atomic E-state index is 0.639.